The molecule has 48 heavy (non-hydrogen) atoms. The van der Waals surface area contributed by atoms with E-state index in [1.54, 1.807) is 31.3 Å². The number of rotatable bonds is 14. The normalized spacial score (nSPS) is 16.4. The summed E-state index contributed by atoms with van der Waals surface area (Å²) < 4.78 is 75.6. The van der Waals surface area contributed by atoms with Crippen LogP contribution in [0.5, 0.6) is 11.5 Å². The van der Waals surface area contributed by atoms with Crippen molar-refractivity contribution in [1.82, 2.24) is 19.4 Å². The third-order valence-corrected chi connectivity index (χ3v) is 11.0. The van der Waals surface area contributed by atoms with Crippen LogP contribution < -0.4 is 14.2 Å². The Morgan fingerprint density at radius 3 is 2.60 bits per heavy atom. The number of carbonyl (C=O) groups is 2. The van der Waals surface area contributed by atoms with Crippen molar-refractivity contribution in [2.45, 2.75) is 55.2 Å². The summed E-state index contributed by atoms with van der Waals surface area (Å²) >= 11 is 0. The highest BCUT2D eigenvalue weighted by atomic mass is 32.2. The molecule has 1 fully saturated rings. The van der Waals surface area contributed by atoms with E-state index in [0.29, 0.717) is 47.5 Å². The standard InChI is InChI=1S/C32H33FN4O9S2/c1-19-14-20(11-12-24(19)28-17-29(39)37-48(28,44)45)15-25(36-47(42,43)23-8-4-6-21(33)16-23)31-34-18-22(35-31)7-2-3-13-46-27-10-5-9-26(38)30(27)32(40)41/h4-6,8-12,14,16,18,25,28,36,38H,2-3,7,13,15,17H2,1H3,(H,34,35)(H,37,39)(H,40,41). The minimum Gasteiger partial charge on any atom is -0.507 e. The lowest BCUT2D eigenvalue weighted by Crippen LogP contribution is -2.31. The van der Waals surface area contributed by atoms with Crippen LogP contribution in [0.25, 0.3) is 0 Å². The van der Waals surface area contributed by atoms with Crippen LogP contribution in [0, 0.1) is 12.7 Å². The summed E-state index contributed by atoms with van der Waals surface area (Å²) in [6, 6.07) is 12.9. The molecule has 2 unspecified atom stereocenters. The van der Waals surface area contributed by atoms with Gasteiger partial charge in [0.15, 0.2) is 0 Å². The molecule has 1 amide bonds. The van der Waals surface area contributed by atoms with Crippen molar-refractivity contribution >= 4 is 31.9 Å². The molecule has 13 nitrogen and oxygen atoms in total. The Balaban J connectivity index is 1.31. The molecule has 0 saturated carbocycles. The Labute approximate surface area is 276 Å². The van der Waals surface area contributed by atoms with Crippen LogP contribution in [0.4, 0.5) is 4.39 Å². The smallest absolute Gasteiger partial charge is 0.343 e. The number of halogens is 1. The summed E-state index contributed by atoms with van der Waals surface area (Å²) in [6.07, 6.45) is 3.11. The van der Waals surface area contributed by atoms with Gasteiger partial charge in [0.05, 0.1) is 24.0 Å². The van der Waals surface area contributed by atoms with E-state index in [1.165, 1.54) is 30.3 Å². The van der Waals surface area contributed by atoms with Crippen molar-refractivity contribution < 1.29 is 45.8 Å². The number of aryl methyl sites for hydroxylation is 2. The van der Waals surface area contributed by atoms with Gasteiger partial charge in [0.2, 0.25) is 26.0 Å². The number of phenols is 1. The van der Waals surface area contributed by atoms with Crippen LogP contribution in [0.2, 0.25) is 0 Å². The van der Waals surface area contributed by atoms with Crippen LogP contribution in [-0.2, 0) is 37.7 Å². The lowest BCUT2D eigenvalue weighted by Gasteiger charge is -2.19. The summed E-state index contributed by atoms with van der Waals surface area (Å²) in [7, 11) is -8.07. The van der Waals surface area contributed by atoms with Gasteiger partial charge in [-0.25, -0.2) is 35.7 Å². The zero-order valence-electron chi connectivity index (χ0n) is 25.6. The second-order valence-electron chi connectivity index (χ2n) is 11.3. The monoisotopic (exact) mass is 700 g/mol. The first-order chi connectivity index (χ1) is 22.7. The number of aromatic hydroxyl groups is 1. The fraction of sp³-hybridized carbons (Fsp3) is 0.281. The lowest BCUT2D eigenvalue weighted by atomic mass is 9.97. The minimum atomic E-state index is -4.21. The molecule has 1 aliphatic heterocycles. The Hall–Kier alpha value is -4.80. The molecule has 0 radical (unpaired) electrons. The number of amides is 1. The average Bonchev–Trinajstić information content (AvgIpc) is 3.59. The highest BCUT2D eigenvalue weighted by molar-refractivity contribution is 7.90. The van der Waals surface area contributed by atoms with Crippen LogP contribution in [0.15, 0.2) is 71.8 Å². The van der Waals surface area contributed by atoms with Gasteiger partial charge in [0.1, 0.15) is 34.0 Å². The van der Waals surface area contributed by atoms with E-state index >= 15 is 0 Å². The second-order valence-corrected chi connectivity index (χ2v) is 14.9. The van der Waals surface area contributed by atoms with E-state index in [0.717, 1.165) is 12.1 Å². The first kappa shape index (κ1) is 34.5. The molecule has 4 aromatic rings. The summed E-state index contributed by atoms with van der Waals surface area (Å²) in [5.41, 5.74) is 2.09. The van der Waals surface area contributed by atoms with Gasteiger partial charge in [-0.15, -0.1) is 0 Å². The van der Waals surface area contributed by atoms with Crippen molar-refractivity contribution in [3.63, 3.8) is 0 Å². The van der Waals surface area contributed by atoms with Crippen molar-refractivity contribution in [2.24, 2.45) is 0 Å². The maximum atomic E-state index is 13.9. The molecule has 0 bridgehead atoms. The number of benzene rings is 3. The number of sulfonamides is 2. The Kier molecular flexibility index (Phi) is 10.2. The summed E-state index contributed by atoms with van der Waals surface area (Å²) in [4.78, 5) is 30.5. The number of hydrogen-bond donors (Lipinski definition) is 5. The van der Waals surface area contributed by atoms with Crippen LogP contribution in [0.3, 0.4) is 0 Å². The molecule has 0 spiro atoms. The maximum absolute atomic E-state index is 13.9. The number of nitrogens with one attached hydrogen (secondary N) is 3. The number of unbranched alkanes of at least 4 members (excludes halogenated alkanes) is 1. The van der Waals surface area contributed by atoms with Crippen LogP contribution >= 0.6 is 0 Å². The van der Waals surface area contributed by atoms with E-state index in [-0.39, 0.29) is 35.7 Å². The highest BCUT2D eigenvalue weighted by Gasteiger charge is 2.38. The number of ether oxygens (including phenoxy) is 1. The van der Waals surface area contributed by atoms with Gasteiger partial charge in [-0.2, -0.15) is 0 Å². The van der Waals surface area contributed by atoms with E-state index in [4.69, 9.17) is 4.74 Å². The number of nitrogens with zero attached hydrogens (tertiary/aromatic N) is 1. The van der Waals surface area contributed by atoms with Gasteiger partial charge in [0.25, 0.3) is 0 Å². The number of aromatic nitrogens is 2. The van der Waals surface area contributed by atoms with Gasteiger partial charge in [-0.3, -0.25) is 9.52 Å². The molecule has 2 atom stereocenters. The van der Waals surface area contributed by atoms with Crippen LogP contribution in [-0.4, -0.2) is 55.5 Å². The third kappa shape index (κ3) is 8.00. The molecule has 5 N–H and O–H groups in total. The van der Waals surface area contributed by atoms with Crippen molar-refractivity contribution in [2.75, 3.05) is 6.61 Å². The van der Waals surface area contributed by atoms with Gasteiger partial charge >= 0.3 is 5.97 Å². The number of carbonyl (C=O) groups excluding carboxylic acids is 1. The molecule has 1 aliphatic rings. The van der Waals surface area contributed by atoms with Gasteiger partial charge in [0, 0.05) is 11.9 Å². The fourth-order valence-electron chi connectivity index (χ4n) is 5.51. The van der Waals surface area contributed by atoms with Crippen molar-refractivity contribution in [3.05, 3.63) is 106 Å². The Morgan fingerprint density at radius 1 is 1.15 bits per heavy atom. The number of aromatic carboxylic acids is 1. The number of H-pyrrole nitrogens is 1. The molecule has 3 aromatic carbocycles. The number of imidazole rings is 1. The first-order valence-corrected chi connectivity index (χ1v) is 17.9. The first-order valence-electron chi connectivity index (χ1n) is 14.9. The molecule has 2 heterocycles. The molecule has 254 valence electrons. The Bertz CT molecular complexity index is 2070. The maximum Gasteiger partial charge on any atom is 0.343 e. The molecule has 5 rings (SSSR count). The molecular formula is C32H33FN4O9S2. The predicted molar refractivity (Wildman–Crippen MR) is 171 cm³/mol. The number of carboxylic acids is 1. The SMILES string of the molecule is Cc1cc(CC(NS(=O)(=O)c2cccc(F)c2)c2ncc(CCCCOc3cccc(O)c3C(=O)O)[nH]2)ccc1C1CC(=O)NS1(=O)=O. The molecule has 1 aromatic heterocycles. The third-order valence-electron chi connectivity index (χ3n) is 7.82. The molecule has 16 heteroatoms. The average molecular weight is 701 g/mol. The quantitative estimate of drug-likeness (QED) is 0.120. The Morgan fingerprint density at radius 2 is 1.92 bits per heavy atom. The number of carboxylic acid groups (broad SMARTS) is 1. The van der Waals surface area contributed by atoms with Gasteiger partial charge in [-0.05, 0) is 79.6 Å². The van der Waals surface area contributed by atoms with Gasteiger partial charge in [-0.1, -0.05) is 30.3 Å². The summed E-state index contributed by atoms with van der Waals surface area (Å²) in [5.74, 6) is -2.66. The largest absolute Gasteiger partial charge is 0.507 e. The zero-order valence-corrected chi connectivity index (χ0v) is 27.3. The predicted octanol–water partition coefficient (Wildman–Crippen LogP) is 3.82. The lowest BCUT2D eigenvalue weighted by molar-refractivity contribution is -0.118. The zero-order chi connectivity index (χ0) is 34.6. The summed E-state index contributed by atoms with van der Waals surface area (Å²) in [6.45, 7) is 1.89. The second kappa shape index (κ2) is 14.1. The molecule has 0 aliphatic carbocycles. The highest BCUT2D eigenvalue weighted by Crippen LogP contribution is 2.33. The van der Waals surface area contributed by atoms with Crippen molar-refractivity contribution in [1.29, 1.82) is 0 Å². The van der Waals surface area contributed by atoms with E-state index in [9.17, 15) is 41.0 Å². The van der Waals surface area contributed by atoms with E-state index < -0.39 is 54.8 Å². The van der Waals surface area contributed by atoms with Gasteiger partial charge < -0.3 is 19.9 Å². The molecular weight excluding hydrogens is 668 g/mol. The topological polar surface area (TPSA) is 205 Å². The van der Waals surface area contributed by atoms with Crippen molar-refractivity contribution in [3.8, 4) is 11.5 Å². The summed E-state index contributed by atoms with van der Waals surface area (Å²) in [5, 5.41) is 18.1. The van der Waals surface area contributed by atoms with Crippen LogP contribution in [0.1, 0.15) is 69.1 Å². The van der Waals surface area contributed by atoms with E-state index in [2.05, 4.69) is 14.7 Å². The fourth-order valence-corrected chi connectivity index (χ4v) is 8.25. The minimum absolute atomic E-state index is 0.0537. The number of aromatic amines is 1. The van der Waals surface area contributed by atoms with E-state index in [1.807, 2.05) is 4.72 Å². The number of hydrogen-bond acceptors (Lipinski definition) is 9. The molecule has 1 saturated heterocycles.